The second-order valence-electron chi connectivity index (χ2n) is 4.18. The minimum atomic E-state index is 0.536. The normalized spacial score (nSPS) is 20.8. The smallest absolute Gasteiger partial charge is 0.0301 e. The molecule has 13 heavy (non-hydrogen) atoms. The number of fused-ring (bicyclic) bond motifs is 1. The van der Waals surface area contributed by atoms with Gasteiger partial charge in [0, 0.05) is 12.6 Å². The predicted octanol–water partition coefficient (Wildman–Crippen LogP) is 2.97. The Balaban J connectivity index is 2.53. The fraction of sp³-hybridized carbons (Fsp3) is 0.500. The Morgan fingerprint density at radius 1 is 1.38 bits per heavy atom. The zero-order valence-electron chi connectivity index (χ0n) is 8.59. The first-order valence-corrected chi connectivity index (χ1v) is 5.05. The Hall–Kier alpha value is -0.820. The maximum absolute atomic E-state index is 3.48. The van der Waals surface area contributed by atoms with Crippen LogP contribution >= 0.6 is 0 Å². The van der Waals surface area contributed by atoms with Crippen molar-refractivity contribution in [3.63, 3.8) is 0 Å². The van der Waals surface area contributed by atoms with Gasteiger partial charge in [-0.3, -0.25) is 0 Å². The SMILES string of the molecule is CC(C)c1cccc2c1[C@@H](C)NC2. The van der Waals surface area contributed by atoms with Crippen LogP contribution in [-0.4, -0.2) is 0 Å². The predicted molar refractivity (Wildman–Crippen MR) is 55.8 cm³/mol. The van der Waals surface area contributed by atoms with Gasteiger partial charge >= 0.3 is 0 Å². The number of rotatable bonds is 1. The zero-order chi connectivity index (χ0) is 9.42. The topological polar surface area (TPSA) is 12.0 Å². The fourth-order valence-electron chi connectivity index (χ4n) is 2.18. The van der Waals surface area contributed by atoms with Gasteiger partial charge in [0.1, 0.15) is 0 Å². The number of hydrogen-bond donors (Lipinski definition) is 1. The summed E-state index contributed by atoms with van der Waals surface area (Å²) >= 11 is 0. The monoisotopic (exact) mass is 175 g/mol. The van der Waals surface area contributed by atoms with Crippen molar-refractivity contribution in [2.45, 2.75) is 39.3 Å². The van der Waals surface area contributed by atoms with Gasteiger partial charge in [0.2, 0.25) is 0 Å². The van der Waals surface area contributed by atoms with E-state index in [0.29, 0.717) is 12.0 Å². The molecule has 0 aliphatic carbocycles. The average molecular weight is 175 g/mol. The molecule has 0 amide bonds. The van der Waals surface area contributed by atoms with Crippen molar-refractivity contribution in [2.75, 3.05) is 0 Å². The summed E-state index contributed by atoms with van der Waals surface area (Å²) in [5, 5.41) is 3.48. The van der Waals surface area contributed by atoms with Crippen LogP contribution < -0.4 is 5.32 Å². The van der Waals surface area contributed by atoms with E-state index in [1.807, 2.05) is 0 Å². The summed E-state index contributed by atoms with van der Waals surface area (Å²) in [5.74, 6) is 0.636. The number of nitrogens with one attached hydrogen (secondary N) is 1. The van der Waals surface area contributed by atoms with Crippen LogP contribution in [-0.2, 0) is 6.54 Å². The van der Waals surface area contributed by atoms with Gasteiger partial charge < -0.3 is 5.32 Å². The van der Waals surface area contributed by atoms with E-state index in [-0.39, 0.29) is 0 Å². The summed E-state index contributed by atoms with van der Waals surface area (Å²) in [5.41, 5.74) is 4.53. The molecule has 0 aromatic heterocycles. The van der Waals surface area contributed by atoms with Gasteiger partial charge in [0.05, 0.1) is 0 Å². The summed E-state index contributed by atoms with van der Waals surface area (Å²) in [6.07, 6.45) is 0. The molecular weight excluding hydrogens is 158 g/mol. The van der Waals surface area contributed by atoms with Crippen molar-refractivity contribution in [3.8, 4) is 0 Å². The van der Waals surface area contributed by atoms with E-state index in [9.17, 15) is 0 Å². The third kappa shape index (κ3) is 1.37. The molecule has 1 heteroatoms. The lowest BCUT2D eigenvalue weighted by Gasteiger charge is -2.14. The average Bonchev–Trinajstić information content (AvgIpc) is 2.48. The van der Waals surface area contributed by atoms with Gasteiger partial charge in [-0.25, -0.2) is 0 Å². The van der Waals surface area contributed by atoms with Crippen LogP contribution in [0.5, 0.6) is 0 Å². The van der Waals surface area contributed by atoms with Crippen LogP contribution in [0, 0.1) is 0 Å². The molecule has 1 aromatic carbocycles. The summed E-state index contributed by atoms with van der Waals surface area (Å²) in [6.45, 7) is 7.82. The molecule has 0 unspecified atom stereocenters. The highest BCUT2D eigenvalue weighted by atomic mass is 14.9. The molecule has 1 aromatic rings. The van der Waals surface area contributed by atoms with Crippen LogP contribution in [0.25, 0.3) is 0 Å². The Morgan fingerprint density at radius 2 is 2.15 bits per heavy atom. The van der Waals surface area contributed by atoms with E-state index in [0.717, 1.165) is 6.54 Å². The lowest BCUT2D eigenvalue weighted by atomic mass is 9.92. The third-order valence-electron chi connectivity index (χ3n) is 2.88. The summed E-state index contributed by atoms with van der Waals surface area (Å²) in [7, 11) is 0. The molecule has 0 bridgehead atoms. The van der Waals surface area contributed by atoms with Gasteiger partial charge in [0.25, 0.3) is 0 Å². The first-order chi connectivity index (χ1) is 6.20. The van der Waals surface area contributed by atoms with Crippen molar-refractivity contribution >= 4 is 0 Å². The molecule has 2 rings (SSSR count). The van der Waals surface area contributed by atoms with Crippen LogP contribution in [0.1, 0.15) is 49.4 Å². The molecule has 1 aliphatic heterocycles. The first kappa shape index (κ1) is 8.76. The van der Waals surface area contributed by atoms with Crippen LogP contribution in [0.4, 0.5) is 0 Å². The molecule has 0 spiro atoms. The second kappa shape index (κ2) is 3.15. The molecular formula is C12H17N. The van der Waals surface area contributed by atoms with Gasteiger partial charge in [-0.15, -0.1) is 0 Å². The van der Waals surface area contributed by atoms with Crippen LogP contribution in [0.2, 0.25) is 0 Å². The Labute approximate surface area is 80.2 Å². The number of benzene rings is 1. The van der Waals surface area contributed by atoms with Crippen molar-refractivity contribution in [3.05, 3.63) is 34.9 Å². The Morgan fingerprint density at radius 3 is 2.85 bits per heavy atom. The van der Waals surface area contributed by atoms with E-state index >= 15 is 0 Å². The molecule has 1 atom stereocenters. The van der Waals surface area contributed by atoms with Gasteiger partial charge in [0.15, 0.2) is 0 Å². The molecule has 1 N–H and O–H groups in total. The van der Waals surface area contributed by atoms with Crippen molar-refractivity contribution in [1.82, 2.24) is 5.32 Å². The van der Waals surface area contributed by atoms with Crippen LogP contribution in [0.3, 0.4) is 0 Å². The maximum Gasteiger partial charge on any atom is 0.0301 e. The van der Waals surface area contributed by atoms with E-state index in [4.69, 9.17) is 0 Å². The van der Waals surface area contributed by atoms with E-state index in [1.54, 1.807) is 0 Å². The lowest BCUT2D eigenvalue weighted by Crippen LogP contribution is -2.08. The van der Waals surface area contributed by atoms with Gasteiger partial charge in [-0.05, 0) is 29.5 Å². The molecule has 1 heterocycles. The maximum atomic E-state index is 3.48. The molecule has 1 aliphatic rings. The number of hydrogen-bond acceptors (Lipinski definition) is 1. The highest BCUT2D eigenvalue weighted by Crippen LogP contribution is 2.32. The minimum absolute atomic E-state index is 0.536. The quantitative estimate of drug-likeness (QED) is 0.692. The second-order valence-corrected chi connectivity index (χ2v) is 4.18. The van der Waals surface area contributed by atoms with Gasteiger partial charge in [-0.2, -0.15) is 0 Å². The third-order valence-corrected chi connectivity index (χ3v) is 2.88. The molecule has 0 saturated heterocycles. The summed E-state index contributed by atoms with van der Waals surface area (Å²) in [6, 6.07) is 7.20. The Bertz CT molecular complexity index is 315. The molecule has 0 fully saturated rings. The summed E-state index contributed by atoms with van der Waals surface area (Å²) < 4.78 is 0. The lowest BCUT2D eigenvalue weighted by molar-refractivity contribution is 0.626. The fourth-order valence-corrected chi connectivity index (χ4v) is 2.18. The largest absolute Gasteiger partial charge is 0.306 e. The van der Waals surface area contributed by atoms with Crippen molar-refractivity contribution in [1.29, 1.82) is 0 Å². The summed E-state index contributed by atoms with van der Waals surface area (Å²) in [4.78, 5) is 0. The van der Waals surface area contributed by atoms with Gasteiger partial charge in [-0.1, -0.05) is 32.0 Å². The van der Waals surface area contributed by atoms with E-state index in [1.165, 1.54) is 16.7 Å². The van der Waals surface area contributed by atoms with Crippen molar-refractivity contribution in [2.24, 2.45) is 0 Å². The van der Waals surface area contributed by atoms with E-state index < -0.39 is 0 Å². The molecule has 0 saturated carbocycles. The minimum Gasteiger partial charge on any atom is -0.306 e. The highest BCUT2D eigenvalue weighted by molar-refractivity contribution is 5.41. The first-order valence-electron chi connectivity index (χ1n) is 5.05. The molecule has 0 radical (unpaired) electrons. The molecule has 1 nitrogen and oxygen atoms in total. The standard InChI is InChI=1S/C12H17N/c1-8(2)11-6-4-5-10-7-13-9(3)12(10)11/h4-6,8-9,13H,7H2,1-3H3/t9-/m1/s1. The Kier molecular flexibility index (Phi) is 2.12. The molecule has 70 valence electrons. The van der Waals surface area contributed by atoms with Crippen molar-refractivity contribution < 1.29 is 0 Å². The highest BCUT2D eigenvalue weighted by Gasteiger charge is 2.21. The van der Waals surface area contributed by atoms with E-state index in [2.05, 4.69) is 44.3 Å². The van der Waals surface area contributed by atoms with Crippen LogP contribution in [0.15, 0.2) is 18.2 Å². The zero-order valence-corrected chi connectivity index (χ0v) is 8.59.